The summed E-state index contributed by atoms with van der Waals surface area (Å²) in [6.45, 7) is 4.28. The van der Waals surface area contributed by atoms with Crippen LogP contribution in [-0.2, 0) is 4.74 Å². The van der Waals surface area contributed by atoms with Gasteiger partial charge in [0, 0.05) is 11.6 Å². The number of carbonyl (C=O) groups is 2. The second kappa shape index (κ2) is 5.05. The van der Waals surface area contributed by atoms with Gasteiger partial charge in [0.15, 0.2) is 5.75 Å². The number of rotatable bonds is 4. The van der Waals surface area contributed by atoms with Crippen molar-refractivity contribution in [1.29, 1.82) is 0 Å². The summed E-state index contributed by atoms with van der Waals surface area (Å²) in [7, 11) is 0. The number of ether oxygens (including phenoxy) is 3. The summed E-state index contributed by atoms with van der Waals surface area (Å²) in [5.74, 6) is -0.866. The maximum absolute atomic E-state index is 12.0. The van der Waals surface area contributed by atoms with Gasteiger partial charge in [0.1, 0.15) is 22.4 Å². The maximum atomic E-state index is 12.0. The Morgan fingerprint density at radius 1 is 1.05 bits per heavy atom. The predicted molar refractivity (Wildman–Crippen MR) is 73.8 cm³/mol. The lowest BCUT2D eigenvalue weighted by Gasteiger charge is -2.14. The van der Waals surface area contributed by atoms with Crippen molar-refractivity contribution in [2.24, 2.45) is 0 Å². The first-order chi connectivity index (χ1) is 10.2. The summed E-state index contributed by atoms with van der Waals surface area (Å²) in [6.07, 6.45) is 1.59. The summed E-state index contributed by atoms with van der Waals surface area (Å²) in [6, 6.07) is 3.50. The van der Waals surface area contributed by atoms with E-state index in [2.05, 4.69) is 4.98 Å². The number of hydrogen-bond donors (Lipinski definition) is 0. The Kier molecular flexibility index (Phi) is 3.21. The van der Waals surface area contributed by atoms with Crippen LogP contribution < -0.4 is 9.47 Å². The Balaban J connectivity index is 2.45. The van der Waals surface area contributed by atoms with E-state index in [0.29, 0.717) is 29.9 Å². The highest BCUT2D eigenvalue weighted by Crippen LogP contribution is 2.43. The standard InChI is InChI=1S/C15H13NO5/c1-3-19-12-8-6-5-7-16-11(8)13(20-4-2)10-9(12)14(17)21-15(10)18/h5-7H,3-4H2,1-2H3. The Morgan fingerprint density at radius 3 is 2.33 bits per heavy atom. The topological polar surface area (TPSA) is 74.7 Å². The van der Waals surface area contributed by atoms with E-state index in [1.165, 1.54) is 0 Å². The van der Waals surface area contributed by atoms with Crippen LogP contribution in [0.25, 0.3) is 10.9 Å². The summed E-state index contributed by atoms with van der Waals surface area (Å²) in [4.78, 5) is 28.2. The number of carbonyl (C=O) groups excluding carboxylic acids is 2. The third-order valence-electron chi connectivity index (χ3n) is 3.14. The van der Waals surface area contributed by atoms with Crippen molar-refractivity contribution < 1.29 is 23.8 Å². The van der Waals surface area contributed by atoms with Gasteiger partial charge >= 0.3 is 11.9 Å². The lowest BCUT2D eigenvalue weighted by atomic mass is 10.0. The van der Waals surface area contributed by atoms with E-state index < -0.39 is 11.9 Å². The number of esters is 2. The van der Waals surface area contributed by atoms with Gasteiger partial charge in [0.05, 0.1) is 13.2 Å². The Labute approximate surface area is 120 Å². The molecule has 6 heteroatoms. The van der Waals surface area contributed by atoms with Crippen LogP contribution in [0.5, 0.6) is 11.5 Å². The van der Waals surface area contributed by atoms with Gasteiger partial charge < -0.3 is 14.2 Å². The molecule has 0 atom stereocenters. The number of cyclic esters (lactones) is 2. The van der Waals surface area contributed by atoms with Crippen molar-refractivity contribution in [1.82, 2.24) is 4.98 Å². The lowest BCUT2D eigenvalue weighted by Crippen LogP contribution is -2.06. The fourth-order valence-corrected chi connectivity index (χ4v) is 2.40. The zero-order chi connectivity index (χ0) is 15.0. The number of fused-ring (bicyclic) bond motifs is 2. The minimum atomic E-state index is -0.730. The summed E-state index contributed by atoms with van der Waals surface area (Å²) in [5.41, 5.74) is 0.690. The average Bonchev–Trinajstić information content (AvgIpc) is 2.77. The van der Waals surface area contributed by atoms with E-state index in [1.54, 1.807) is 32.2 Å². The molecule has 108 valence electrons. The molecule has 0 saturated carbocycles. The summed E-state index contributed by atoms with van der Waals surface area (Å²) in [5, 5.41) is 0.619. The van der Waals surface area contributed by atoms with Crippen LogP contribution in [0.2, 0.25) is 0 Å². The molecule has 0 amide bonds. The molecule has 0 bridgehead atoms. The van der Waals surface area contributed by atoms with Crippen molar-refractivity contribution >= 4 is 22.8 Å². The van der Waals surface area contributed by atoms with Crippen molar-refractivity contribution in [3.63, 3.8) is 0 Å². The molecule has 1 aromatic carbocycles. The largest absolute Gasteiger partial charge is 0.492 e. The molecule has 0 aliphatic carbocycles. The van der Waals surface area contributed by atoms with E-state index in [1.807, 2.05) is 0 Å². The van der Waals surface area contributed by atoms with Gasteiger partial charge in [-0.15, -0.1) is 0 Å². The first kappa shape index (κ1) is 13.4. The van der Waals surface area contributed by atoms with Gasteiger partial charge in [-0.05, 0) is 26.0 Å². The SMILES string of the molecule is CCOc1c2c(c(OCC)c3ncccc13)C(=O)OC2=O. The van der Waals surface area contributed by atoms with E-state index in [-0.39, 0.29) is 16.9 Å². The van der Waals surface area contributed by atoms with E-state index in [4.69, 9.17) is 14.2 Å². The fourth-order valence-electron chi connectivity index (χ4n) is 2.40. The molecule has 0 spiro atoms. The molecule has 6 nitrogen and oxygen atoms in total. The van der Waals surface area contributed by atoms with E-state index in [0.717, 1.165) is 0 Å². The highest BCUT2D eigenvalue weighted by atomic mass is 16.6. The minimum absolute atomic E-state index is 0.0940. The highest BCUT2D eigenvalue weighted by Gasteiger charge is 2.39. The van der Waals surface area contributed by atoms with Gasteiger partial charge in [-0.2, -0.15) is 0 Å². The third kappa shape index (κ3) is 1.91. The Hall–Kier alpha value is -2.63. The second-order valence-electron chi connectivity index (χ2n) is 4.35. The third-order valence-corrected chi connectivity index (χ3v) is 3.14. The number of pyridine rings is 1. The van der Waals surface area contributed by atoms with Crippen LogP contribution in [0.15, 0.2) is 18.3 Å². The lowest BCUT2D eigenvalue weighted by molar-refractivity contribution is 0.0441. The quantitative estimate of drug-likeness (QED) is 0.634. The number of hydrogen-bond acceptors (Lipinski definition) is 6. The second-order valence-corrected chi connectivity index (χ2v) is 4.35. The van der Waals surface area contributed by atoms with Gasteiger partial charge in [0.25, 0.3) is 0 Å². The summed E-state index contributed by atoms with van der Waals surface area (Å²) < 4.78 is 15.8. The Morgan fingerprint density at radius 2 is 1.67 bits per heavy atom. The molecule has 3 rings (SSSR count). The monoisotopic (exact) mass is 287 g/mol. The van der Waals surface area contributed by atoms with Crippen LogP contribution in [-0.4, -0.2) is 30.1 Å². The smallest absolute Gasteiger partial charge is 0.350 e. The first-order valence-corrected chi connectivity index (χ1v) is 6.65. The van der Waals surface area contributed by atoms with Gasteiger partial charge in [-0.3, -0.25) is 4.98 Å². The molecule has 0 radical (unpaired) electrons. The van der Waals surface area contributed by atoms with Crippen molar-refractivity contribution in [2.45, 2.75) is 13.8 Å². The van der Waals surface area contributed by atoms with Crippen LogP contribution in [0, 0.1) is 0 Å². The van der Waals surface area contributed by atoms with E-state index >= 15 is 0 Å². The molecule has 1 aliphatic heterocycles. The molecule has 1 aliphatic rings. The molecule has 0 fully saturated rings. The molecular weight excluding hydrogens is 274 g/mol. The van der Waals surface area contributed by atoms with Crippen molar-refractivity contribution in [3.8, 4) is 11.5 Å². The predicted octanol–water partition coefficient (Wildman–Crippen LogP) is 2.34. The van der Waals surface area contributed by atoms with Crippen molar-refractivity contribution in [3.05, 3.63) is 29.5 Å². The zero-order valence-electron chi connectivity index (χ0n) is 11.6. The molecular formula is C15H13NO5. The van der Waals surface area contributed by atoms with Crippen LogP contribution in [0.1, 0.15) is 34.6 Å². The van der Waals surface area contributed by atoms with Gasteiger partial charge in [-0.25, -0.2) is 9.59 Å². The molecule has 0 saturated heterocycles. The van der Waals surface area contributed by atoms with Crippen LogP contribution in [0.3, 0.4) is 0 Å². The van der Waals surface area contributed by atoms with Crippen LogP contribution >= 0.6 is 0 Å². The molecule has 1 aromatic heterocycles. The molecule has 2 heterocycles. The number of aromatic nitrogens is 1. The first-order valence-electron chi connectivity index (χ1n) is 6.65. The van der Waals surface area contributed by atoms with E-state index in [9.17, 15) is 9.59 Å². The van der Waals surface area contributed by atoms with Gasteiger partial charge in [-0.1, -0.05) is 0 Å². The minimum Gasteiger partial charge on any atom is -0.492 e. The van der Waals surface area contributed by atoms with Crippen molar-refractivity contribution in [2.75, 3.05) is 13.2 Å². The molecule has 21 heavy (non-hydrogen) atoms. The van der Waals surface area contributed by atoms with Gasteiger partial charge in [0.2, 0.25) is 0 Å². The molecule has 2 aromatic rings. The highest BCUT2D eigenvalue weighted by molar-refractivity contribution is 6.21. The Bertz CT molecular complexity index is 691. The molecule has 0 unspecified atom stereocenters. The average molecular weight is 287 g/mol. The van der Waals surface area contributed by atoms with Crippen LogP contribution in [0.4, 0.5) is 0 Å². The fraction of sp³-hybridized carbons (Fsp3) is 0.267. The number of nitrogens with zero attached hydrogens (tertiary/aromatic N) is 1. The zero-order valence-corrected chi connectivity index (χ0v) is 11.6. The normalized spacial score (nSPS) is 13.2. The number of benzene rings is 1. The maximum Gasteiger partial charge on any atom is 0.350 e. The molecule has 0 N–H and O–H groups in total. The summed E-state index contributed by atoms with van der Waals surface area (Å²) >= 11 is 0.